The van der Waals surface area contributed by atoms with E-state index >= 15 is 0 Å². The van der Waals surface area contributed by atoms with E-state index in [1.165, 1.54) is 11.9 Å². The summed E-state index contributed by atoms with van der Waals surface area (Å²) in [6.07, 6.45) is -0.626. The minimum atomic E-state index is -0.626. The molecule has 6 nitrogen and oxygen atoms in total. The highest BCUT2D eigenvalue weighted by molar-refractivity contribution is 5.96. The van der Waals surface area contributed by atoms with Gasteiger partial charge in [0.1, 0.15) is 5.75 Å². The average molecular weight is 321 g/mol. The molecular weight excluding hydrogens is 306 g/mol. The third-order valence-corrected chi connectivity index (χ3v) is 3.63. The van der Waals surface area contributed by atoms with Gasteiger partial charge in [-0.15, -0.1) is 5.10 Å². The lowest BCUT2D eigenvalue weighted by atomic mass is 10.1. The predicted octanol–water partition coefficient (Wildman–Crippen LogP) is 2.81. The lowest BCUT2D eigenvalue weighted by molar-refractivity contribution is -0.135. The number of hydrogen-bond acceptors (Lipinski definition) is 5. The first-order valence-electron chi connectivity index (χ1n) is 7.32. The van der Waals surface area contributed by atoms with E-state index in [9.17, 15) is 4.79 Å². The Morgan fingerprint density at radius 1 is 1.21 bits per heavy atom. The van der Waals surface area contributed by atoms with Crippen LogP contribution < -0.4 is 4.74 Å². The highest BCUT2D eigenvalue weighted by Crippen LogP contribution is 2.31. The van der Waals surface area contributed by atoms with Crippen molar-refractivity contribution < 1.29 is 14.3 Å². The molecule has 0 saturated carbocycles. The van der Waals surface area contributed by atoms with Crippen molar-refractivity contribution in [2.75, 3.05) is 7.11 Å². The minimum absolute atomic E-state index is 0.223. The van der Waals surface area contributed by atoms with E-state index in [0.29, 0.717) is 17.0 Å². The number of nitriles is 1. The van der Waals surface area contributed by atoms with Crippen LogP contribution in [-0.4, -0.2) is 23.9 Å². The second kappa shape index (κ2) is 6.42. The first kappa shape index (κ1) is 15.6. The van der Waals surface area contributed by atoms with Crippen molar-refractivity contribution in [2.24, 2.45) is 5.10 Å². The molecule has 6 heteroatoms. The largest absolute Gasteiger partial charge is 0.497 e. The Morgan fingerprint density at radius 3 is 2.42 bits per heavy atom. The van der Waals surface area contributed by atoms with Crippen LogP contribution in [0.25, 0.3) is 0 Å². The molecule has 0 bridgehead atoms. The Hall–Kier alpha value is -3.33. The number of ether oxygens (including phenoxy) is 2. The van der Waals surface area contributed by atoms with E-state index in [-0.39, 0.29) is 5.91 Å². The normalized spacial score (nSPS) is 16.1. The first-order chi connectivity index (χ1) is 11.6. The van der Waals surface area contributed by atoms with Crippen molar-refractivity contribution >= 4 is 11.8 Å². The van der Waals surface area contributed by atoms with E-state index in [1.807, 2.05) is 12.1 Å². The maximum Gasteiger partial charge on any atom is 0.243 e. The summed E-state index contributed by atoms with van der Waals surface area (Å²) in [7, 11) is 1.59. The standard InChI is InChI=1S/C18H15N3O3/c1-12(22)21-18(15-7-9-16(23-2)10-8-15)24-17(20-21)14-5-3-13(11-19)4-6-14/h3-10,18H,1-2H3/t18-/m0/s1. The molecule has 0 spiro atoms. The number of hydrogen-bond donors (Lipinski definition) is 0. The second-order valence-corrected chi connectivity index (χ2v) is 5.20. The van der Waals surface area contributed by atoms with Crippen LogP contribution in [0.1, 0.15) is 29.8 Å². The summed E-state index contributed by atoms with van der Waals surface area (Å²) in [6.45, 7) is 1.44. The Kier molecular flexibility index (Phi) is 4.17. The van der Waals surface area contributed by atoms with Gasteiger partial charge in [0.15, 0.2) is 0 Å². The van der Waals surface area contributed by atoms with Crippen LogP contribution in [0.3, 0.4) is 0 Å². The van der Waals surface area contributed by atoms with E-state index in [0.717, 1.165) is 11.3 Å². The van der Waals surface area contributed by atoms with Crippen LogP contribution in [0.2, 0.25) is 0 Å². The summed E-state index contributed by atoms with van der Waals surface area (Å²) in [6, 6.07) is 16.2. The number of hydrazone groups is 1. The molecule has 0 unspecified atom stereocenters. The van der Waals surface area contributed by atoms with Gasteiger partial charge in [-0.05, 0) is 48.5 Å². The molecule has 0 fully saturated rings. The van der Waals surface area contributed by atoms with Gasteiger partial charge in [0, 0.05) is 18.1 Å². The van der Waals surface area contributed by atoms with Crippen LogP contribution in [0, 0.1) is 11.3 Å². The summed E-state index contributed by atoms with van der Waals surface area (Å²) in [5.41, 5.74) is 2.04. The molecular formula is C18H15N3O3. The maximum absolute atomic E-state index is 11.9. The fourth-order valence-corrected chi connectivity index (χ4v) is 2.36. The molecule has 1 aliphatic rings. The van der Waals surface area contributed by atoms with Crippen molar-refractivity contribution in [1.82, 2.24) is 5.01 Å². The molecule has 0 saturated heterocycles. The summed E-state index contributed by atoms with van der Waals surface area (Å²) >= 11 is 0. The molecule has 2 aromatic carbocycles. The number of benzene rings is 2. The summed E-state index contributed by atoms with van der Waals surface area (Å²) in [5.74, 6) is 0.842. The summed E-state index contributed by atoms with van der Waals surface area (Å²) < 4.78 is 11.0. The van der Waals surface area contributed by atoms with Crippen LogP contribution in [-0.2, 0) is 9.53 Å². The van der Waals surface area contributed by atoms with Gasteiger partial charge in [-0.2, -0.15) is 10.3 Å². The maximum atomic E-state index is 11.9. The molecule has 2 aromatic rings. The van der Waals surface area contributed by atoms with Crippen LogP contribution in [0.4, 0.5) is 0 Å². The van der Waals surface area contributed by atoms with Gasteiger partial charge in [0.25, 0.3) is 0 Å². The summed E-state index contributed by atoms with van der Waals surface area (Å²) in [4.78, 5) is 11.9. The van der Waals surface area contributed by atoms with Crippen LogP contribution >= 0.6 is 0 Å². The SMILES string of the molecule is COc1ccc([C@@H]2OC(c3ccc(C#N)cc3)=NN2C(C)=O)cc1. The molecule has 1 amide bonds. The van der Waals surface area contributed by atoms with Crippen molar-refractivity contribution in [3.8, 4) is 11.8 Å². The third kappa shape index (κ3) is 2.92. The molecule has 0 radical (unpaired) electrons. The molecule has 0 N–H and O–H groups in total. The van der Waals surface area contributed by atoms with Crippen LogP contribution in [0.15, 0.2) is 53.6 Å². The van der Waals surface area contributed by atoms with Gasteiger partial charge in [-0.3, -0.25) is 4.79 Å². The molecule has 24 heavy (non-hydrogen) atoms. The monoisotopic (exact) mass is 321 g/mol. The third-order valence-electron chi connectivity index (χ3n) is 3.63. The van der Waals surface area contributed by atoms with E-state index in [1.54, 1.807) is 43.5 Å². The Morgan fingerprint density at radius 2 is 1.88 bits per heavy atom. The molecule has 1 atom stereocenters. The molecule has 1 heterocycles. The van der Waals surface area contributed by atoms with E-state index < -0.39 is 6.23 Å². The second-order valence-electron chi connectivity index (χ2n) is 5.20. The lowest BCUT2D eigenvalue weighted by Gasteiger charge is -2.19. The zero-order valence-electron chi connectivity index (χ0n) is 13.3. The van der Waals surface area contributed by atoms with Gasteiger partial charge < -0.3 is 9.47 Å². The predicted molar refractivity (Wildman–Crippen MR) is 87.0 cm³/mol. The topological polar surface area (TPSA) is 74.9 Å². The van der Waals surface area contributed by atoms with Gasteiger partial charge in [0.05, 0.1) is 18.7 Å². The molecule has 3 rings (SSSR count). The Labute approximate surface area is 139 Å². The van der Waals surface area contributed by atoms with Crippen molar-refractivity contribution in [3.05, 3.63) is 65.2 Å². The van der Waals surface area contributed by atoms with E-state index in [2.05, 4.69) is 11.2 Å². The zero-order valence-corrected chi connectivity index (χ0v) is 13.3. The van der Waals surface area contributed by atoms with Crippen molar-refractivity contribution in [3.63, 3.8) is 0 Å². The van der Waals surface area contributed by atoms with Gasteiger partial charge in [-0.25, -0.2) is 0 Å². The van der Waals surface area contributed by atoms with Gasteiger partial charge >= 0.3 is 0 Å². The number of rotatable bonds is 3. The molecule has 1 aliphatic heterocycles. The van der Waals surface area contributed by atoms with Crippen LogP contribution in [0.5, 0.6) is 5.75 Å². The minimum Gasteiger partial charge on any atom is -0.497 e. The highest BCUT2D eigenvalue weighted by atomic mass is 16.5. The van der Waals surface area contributed by atoms with Gasteiger partial charge in [0.2, 0.25) is 18.0 Å². The number of nitrogens with zero attached hydrogens (tertiary/aromatic N) is 3. The van der Waals surface area contributed by atoms with Gasteiger partial charge in [-0.1, -0.05) is 0 Å². The number of carbonyl (C=O) groups is 1. The molecule has 0 aliphatic carbocycles. The Balaban J connectivity index is 1.89. The Bertz CT molecular complexity index is 820. The van der Waals surface area contributed by atoms with E-state index in [4.69, 9.17) is 14.7 Å². The van der Waals surface area contributed by atoms with Crippen molar-refractivity contribution in [2.45, 2.75) is 13.2 Å². The lowest BCUT2D eigenvalue weighted by Crippen LogP contribution is -2.25. The highest BCUT2D eigenvalue weighted by Gasteiger charge is 2.33. The fraction of sp³-hybridized carbons (Fsp3) is 0.167. The zero-order chi connectivity index (χ0) is 17.1. The number of carbonyl (C=O) groups excluding carboxylic acids is 1. The fourth-order valence-electron chi connectivity index (χ4n) is 2.36. The average Bonchev–Trinajstić information content (AvgIpc) is 3.07. The number of amides is 1. The smallest absolute Gasteiger partial charge is 0.243 e. The molecule has 0 aromatic heterocycles. The quantitative estimate of drug-likeness (QED) is 0.871. The molecule has 120 valence electrons. The number of methoxy groups -OCH3 is 1. The first-order valence-corrected chi connectivity index (χ1v) is 7.32. The summed E-state index contributed by atoms with van der Waals surface area (Å²) in [5, 5.41) is 14.4. The van der Waals surface area contributed by atoms with Crippen molar-refractivity contribution in [1.29, 1.82) is 5.26 Å².